The monoisotopic (exact) mass is 379 g/mol. The number of sulfonamides is 1. The summed E-state index contributed by atoms with van der Waals surface area (Å²) in [6, 6.07) is 4.97. The van der Waals surface area contributed by atoms with E-state index in [4.69, 9.17) is 5.11 Å². The highest BCUT2D eigenvalue weighted by molar-refractivity contribution is 9.10. The van der Waals surface area contributed by atoms with E-state index in [1.165, 1.54) is 17.5 Å². The Balaban J connectivity index is 2.41. The zero-order valence-corrected chi connectivity index (χ0v) is 12.9. The van der Waals surface area contributed by atoms with E-state index in [0.717, 1.165) is 23.5 Å². The maximum atomic E-state index is 13.6. The predicted molar refractivity (Wildman–Crippen MR) is 76.2 cm³/mol. The van der Waals surface area contributed by atoms with Gasteiger partial charge >= 0.3 is 5.97 Å². The maximum absolute atomic E-state index is 13.6. The highest BCUT2D eigenvalue weighted by Gasteiger charge is 2.24. The number of nitrogens with one attached hydrogen (secondary N) is 1. The van der Waals surface area contributed by atoms with E-state index in [1.54, 1.807) is 0 Å². The zero-order chi connectivity index (χ0) is 14.9. The lowest BCUT2D eigenvalue weighted by molar-refractivity contribution is 0.0698. The molecule has 1 aromatic heterocycles. The predicted octanol–water partition coefficient (Wildman–Crippen LogP) is 3.15. The van der Waals surface area contributed by atoms with Crippen LogP contribution in [0.5, 0.6) is 0 Å². The third-order valence-corrected chi connectivity index (χ3v) is 5.22. The van der Waals surface area contributed by atoms with Crippen LogP contribution in [-0.2, 0) is 10.0 Å². The Morgan fingerprint density at radius 3 is 2.65 bits per heavy atom. The number of rotatable bonds is 4. The number of thiophene rings is 1. The maximum Gasteiger partial charge on any atom is 0.347 e. The first-order valence-corrected chi connectivity index (χ1v) is 8.25. The molecule has 0 bridgehead atoms. The lowest BCUT2D eigenvalue weighted by Crippen LogP contribution is -2.16. The number of carboxylic acids is 1. The number of hydrogen-bond acceptors (Lipinski definition) is 4. The molecule has 0 saturated carbocycles. The molecule has 1 heterocycles. The topological polar surface area (TPSA) is 83.5 Å². The minimum absolute atomic E-state index is 0.254. The quantitative estimate of drug-likeness (QED) is 0.854. The summed E-state index contributed by atoms with van der Waals surface area (Å²) >= 11 is 3.83. The van der Waals surface area contributed by atoms with Crippen molar-refractivity contribution in [2.75, 3.05) is 4.72 Å². The van der Waals surface area contributed by atoms with Crippen LogP contribution in [0.1, 0.15) is 9.67 Å². The Morgan fingerprint density at radius 2 is 2.05 bits per heavy atom. The fourth-order valence-corrected chi connectivity index (χ4v) is 4.10. The number of carboxylic acid groups (broad SMARTS) is 1. The molecule has 0 aliphatic rings. The van der Waals surface area contributed by atoms with Crippen LogP contribution in [0.2, 0.25) is 0 Å². The Morgan fingerprint density at radius 1 is 1.35 bits per heavy atom. The van der Waals surface area contributed by atoms with Gasteiger partial charge in [0.05, 0.1) is 5.69 Å². The van der Waals surface area contributed by atoms with Crippen LogP contribution >= 0.6 is 27.3 Å². The van der Waals surface area contributed by atoms with Crippen LogP contribution in [0, 0.1) is 5.82 Å². The van der Waals surface area contributed by atoms with Crippen LogP contribution in [0.3, 0.4) is 0 Å². The summed E-state index contributed by atoms with van der Waals surface area (Å²) in [5.74, 6) is -2.12. The van der Waals surface area contributed by atoms with Crippen molar-refractivity contribution in [2.45, 2.75) is 4.90 Å². The summed E-state index contributed by atoms with van der Waals surface area (Å²) in [6.45, 7) is 0. The van der Waals surface area contributed by atoms with Gasteiger partial charge in [-0.05, 0) is 29.6 Å². The second-order valence-corrected chi connectivity index (χ2v) is 7.13. The van der Waals surface area contributed by atoms with Crippen molar-refractivity contribution >= 4 is 48.9 Å². The summed E-state index contributed by atoms with van der Waals surface area (Å²) in [6.07, 6.45) is 0. The van der Waals surface area contributed by atoms with E-state index in [2.05, 4.69) is 15.9 Å². The van der Waals surface area contributed by atoms with Crippen LogP contribution < -0.4 is 4.72 Å². The van der Waals surface area contributed by atoms with E-state index in [1.807, 2.05) is 4.72 Å². The van der Waals surface area contributed by atoms with E-state index >= 15 is 0 Å². The number of halogens is 2. The molecule has 0 atom stereocenters. The van der Waals surface area contributed by atoms with Crippen LogP contribution in [-0.4, -0.2) is 19.5 Å². The van der Waals surface area contributed by atoms with Crippen molar-refractivity contribution in [2.24, 2.45) is 0 Å². The molecule has 20 heavy (non-hydrogen) atoms. The number of hydrogen-bond donors (Lipinski definition) is 2. The van der Waals surface area contributed by atoms with Gasteiger partial charge in [-0.2, -0.15) is 0 Å². The average Bonchev–Trinajstić information content (AvgIpc) is 2.82. The molecular weight excluding hydrogens is 373 g/mol. The minimum atomic E-state index is -4.16. The molecule has 0 saturated heterocycles. The van der Waals surface area contributed by atoms with E-state index in [9.17, 15) is 17.6 Å². The van der Waals surface area contributed by atoms with Gasteiger partial charge in [0.1, 0.15) is 15.6 Å². The van der Waals surface area contributed by atoms with Crippen molar-refractivity contribution in [3.8, 4) is 0 Å². The van der Waals surface area contributed by atoms with Gasteiger partial charge in [0.2, 0.25) is 0 Å². The molecule has 1 aromatic carbocycles. The van der Waals surface area contributed by atoms with Crippen molar-refractivity contribution in [3.05, 3.63) is 44.8 Å². The average molecular weight is 380 g/mol. The van der Waals surface area contributed by atoms with Gasteiger partial charge in [0.15, 0.2) is 0 Å². The molecule has 0 spiro atoms. The molecule has 0 radical (unpaired) electrons. The summed E-state index contributed by atoms with van der Waals surface area (Å²) in [5.41, 5.74) is -0.254. The number of carbonyl (C=O) groups is 1. The van der Waals surface area contributed by atoms with Gasteiger partial charge in [-0.3, -0.25) is 4.72 Å². The van der Waals surface area contributed by atoms with Crippen LogP contribution in [0.25, 0.3) is 0 Å². The second-order valence-electron chi connectivity index (χ2n) is 3.65. The van der Waals surface area contributed by atoms with Gasteiger partial charge in [0, 0.05) is 4.47 Å². The van der Waals surface area contributed by atoms with Gasteiger partial charge in [-0.25, -0.2) is 17.6 Å². The molecule has 2 aromatic rings. The normalized spacial score (nSPS) is 11.3. The third-order valence-electron chi connectivity index (χ3n) is 2.29. The highest BCUT2D eigenvalue weighted by atomic mass is 79.9. The van der Waals surface area contributed by atoms with Crippen molar-refractivity contribution < 1.29 is 22.7 Å². The highest BCUT2D eigenvalue weighted by Crippen LogP contribution is 2.26. The van der Waals surface area contributed by atoms with E-state index < -0.39 is 26.7 Å². The van der Waals surface area contributed by atoms with Gasteiger partial charge in [-0.15, -0.1) is 11.3 Å². The third kappa shape index (κ3) is 3.00. The van der Waals surface area contributed by atoms with Gasteiger partial charge in [0.25, 0.3) is 10.0 Å². The fraction of sp³-hybridized carbons (Fsp3) is 0. The molecule has 0 aliphatic carbocycles. The SMILES string of the molecule is O=C(O)c1sccc1S(=O)(=O)Nc1ccc(Br)cc1F. The number of aromatic carboxylic acids is 1. The molecule has 106 valence electrons. The lowest BCUT2D eigenvalue weighted by atomic mass is 10.3. The first-order chi connectivity index (χ1) is 9.31. The van der Waals surface area contributed by atoms with E-state index in [0.29, 0.717) is 4.47 Å². The molecule has 0 fully saturated rings. The van der Waals surface area contributed by atoms with Crippen molar-refractivity contribution in [1.29, 1.82) is 0 Å². The molecule has 9 heteroatoms. The Labute approximate surface area is 126 Å². The van der Waals surface area contributed by atoms with Gasteiger partial charge in [-0.1, -0.05) is 15.9 Å². The molecule has 2 rings (SSSR count). The summed E-state index contributed by atoms with van der Waals surface area (Å²) in [5, 5.41) is 10.3. The summed E-state index contributed by atoms with van der Waals surface area (Å²) in [4.78, 5) is 10.2. The standard InChI is InChI=1S/C11H7BrFNO4S2/c12-6-1-2-8(7(13)5-6)14-20(17,18)9-3-4-19-10(9)11(15)16/h1-5,14H,(H,15,16). The largest absolute Gasteiger partial charge is 0.477 e. The Bertz CT molecular complexity index is 772. The minimum Gasteiger partial charge on any atom is -0.477 e. The second kappa shape index (κ2) is 5.51. The van der Waals surface area contributed by atoms with Crippen LogP contribution in [0.15, 0.2) is 39.0 Å². The van der Waals surface area contributed by atoms with Crippen molar-refractivity contribution in [3.63, 3.8) is 0 Å². The Hall–Kier alpha value is -1.45. The molecule has 0 amide bonds. The van der Waals surface area contributed by atoms with Crippen molar-refractivity contribution in [1.82, 2.24) is 0 Å². The molecule has 2 N–H and O–H groups in total. The van der Waals surface area contributed by atoms with Gasteiger partial charge < -0.3 is 5.11 Å². The zero-order valence-electron chi connectivity index (χ0n) is 9.63. The van der Waals surface area contributed by atoms with Crippen LogP contribution in [0.4, 0.5) is 10.1 Å². The number of anilines is 1. The number of benzene rings is 1. The summed E-state index contributed by atoms with van der Waals surface area (Å²) in [7, 11) is -4.16. The first-order valence-electron chi connectivity index (χ1n) is 5.10. The first kappa shape index (κ1) is 14.9. The van der Waals surface area contributed by atoms with E-state index in [-0.39, 0.29) is 10.6 Å². The lowest BCUT2D eigenvalue weighted by Gasteiger charge is -2.08. The summed E-state index contributed by atoms with van der Waals surface area (Å²) < 4.78 is 40.3. The molecular formula is C11H7BrFNO4S2. The molecule has 0 unspecified atom stereocenters. The fourth-order valence-electron chi connectivity index (χ4n) is 1.44. The smallest absolute Gasteiger partial charge is 0.347 e. The molecule has 5 nitrogen and oxygen atoms in total. The Kier molecular flexibility index (Phi) is 4.11. The molecule has 0 aliphatic heterocycles.